The number of nitrogens with two attached hydrogens (primary N) is 1. The average molecular weight is 277 g/mol. The van der Waals surface area contributed by atoms with Crippen LogP contribution in [0.4, 0.5) is 0 Å². The molecule has 4 heteroatoms. The van der Waals surface area contributed by atoms with Gasteiger partial charge in [0.15, 0.2) is 11.5 Å². The van der Waals surface area contributed by atoms with Crippen LogP contribution in [-0.4, -0.2) is 21.3 Å². The molecule has 0 radical (unpaired) electrons. The summed E-state index contributed by atoms with van der Waals surface area (Å²) in [7, 11) is 4.85. The summed E-state index contributed by atoms with van der Waals surface area (Å²) in [5, 5.41) is 0. The highest BCUT2D eigenvalue weighted by molar-refractivity contribution is 5.57. The molecular weight excluding hydrogens is 254 g/mol. The number of allylic oxidation sites excluding steroid dienone is 1. The molecule has 0 heterocycles. The van der Waals surface area contributed by atoms with Gasteiger partial charge in [0.25, 0.3) is 0 Å². The Labute approximate surface area is 120 Å². The number of ether oxygens (including phenoxy) is 3. The fourth-order valence-electron chi connectivity index (χ4n) is 2.71. The summed E-state index contributed by atoms with van der Waals surface area (Å²) in [6.45, 7) is 0. The van der Waals surface area contributed by atoms with Gasteiger partial charge in [-0.1, -0.05) is 11.6 Å². The second kappa shape index (κ2) is 6.66. The first kappa shape index (κ1) is 14.7. The SMILES string of the molecule is COc1ccc(C(N)C2=CCCCC2)c(OC)c1OC. The first-order valence-corrected chi connectivity index (χ1v) is 6.96. The van der Waals surface area contributed by atoms with Crippen molar-refractivity contribution in [3.05, 3.63) is 29.3 Å². The maximum Gasteiger partial charge on any atom is 0.203 e. The van der Waals surface area contributed by atoms with Crippen molar-refractivity contribution in [3.63, 3.8) is 0 Å². The van der Waals surface area contributed by atoms with Crippen LogP contribution in [0, 0.1) is 0 Å². The van der Waals surface area contributed by atoms with E-state index < -0.39 is 0 Å². The third-order valence-corrected chi connectivity index (χ3v) is 3.80. The average Bonchev–Trinajstić information content (AvgIpc) is 2.53. The van der Waals surface area contributed by atoms with Crippen LogP contribution in [0.3, 0.4) is 0 Å². The van der Waals surface area contributed by atoms with E-state index >= 15 is 0 Å². The lowest BCUT2D eigenvalue weighted by molar-refractivity contribution is 0.321. The summed E-state index contributed by atoms with van der Waals surface area (Å²) >= 11 is 0. The molecule has 20 heavy (non-hydrogen) atoms. The number of hydrogen-bond donors (Lipinski definition) is 1. The van der Waals surface area contributed by atoms with Crippen molar-refractivity contribution in [2.24, 2.45) is 5.73 Å². The van der Waals surface area contributed by atoms with Crippen LogP contribution in [0.1, 0.15) is 37.3 Å². The van der Waals surface area contributed by atoms with Gasteiger partial charge in [0.2, 0.25) is 5.75 Å². The molecule has 2 N–H and O–H groups in total. The molecule has 0 saturated heterocycles. The summed E-state index contributed by atoms with van der Waals surface area (Å²) in [5.41, 5.74) is 8.64. The van der Waals surface area contributed by atoms with Crippen molar-refractivity contribution in [1.29, 1.82) is 0 Å². The van der Waals surface area contributed by atoms with E-state index in [0.717, 1.165) is 18.4 Å². The summed E-state index contributed by atoms with van der Waals surface area (Å²) in [6.07, 6.45) is 6.87. The van der Waals surface area contributed by atoms with Crippen molar-refractivity contribution in [2.45, 2.75) is 31.7 Å². The van der Waals surface area contributed by atoms with Crippen LogP contribution >= 0.6 is 0 Å². The molecule has 0 saturated carbocycles. The Morgan fingerprint density at radius 2 is 1.75 bits per heavy atom. The first-order valence-electron chi connectivity index (χ1n) is 6.96. The van der Waals surface area contributed by atoms with Gasteiger partial charge >= 0.3 is 0 Å². The summed E-state index contributed by atoms with van der Waals surface area (Å²) in [4.78, 5) is 0. The molecule has 4 nitrogen and oxygen atoms in total. The van der Waals surface area contributed by atoms with Crippen molar-refractivity contribution in [2.75, 3.05) is 21.3 Å². The van der Waals surface area contributed by atoms with E-state index in [1.807, 2.05) is 12.1 Å². The van der Waals surface area contributed by atoms with E-state index in [0.29, 0.717) is 17.2 Å². The van der Waals surface area contributed by atoms with Gasteiger partial charge in [0.05, 0.1) is 27.4 Å². The van der Waals surface area contributed by atoms with E-state index in [9.17, 15) is 0 Å². The topological polar surface area (TPSA) is 53.7 Å². The fourth-order valence-corrected chi connectivity index (χ4v) is 2.71. The second-order valence-electron chi connectivity index (χ2n) is 4.93. The van der Waals surface area contributed by atoms with E-state index in [1.54, 1.807) is 21.3 Å². The third-order valence-electron chi connectivity index (χ3n) is 3.80. The largest absolute Gasteiger partial charge is 0.493 e. The molecule has 0 bridgehead atoms. The number of rotatable bonds is 5. The van der Waals surface area contributed by atoms with Gasteiger partial charge in [0, 0.05) is 5.56 Å². The van der Waals surface area contributed by atoms with Crippen molar-refractivity contribution in [3.8, 4) is 17.2 Å². The van der Waals surface area contributed by atoms with E-state index in [4.69, 9.17) is 19.9 Å². The maximum atomic E-state index is 6.42. The van der Waals surface area contributed by atoms with Crippen LogP contribution in [-0.2, 0) is 0 Å². The standard InChI is InChI=1S/C16H23NO3/c1-18-13-10-9-12(15(19-2)16(13)20-3)14(17)11-7-5-4-6-8-11/h7,9-10,14H,4-6,8,17H2,1-3H3. The molecule has 110 valence electrons. The Bertz CT molecular complexity index is 497. The van der Waals surface area contributed by atoms with Gasteiger partial charge in [-0.3, -0.25) is 0 Å². The third kappa shape index (κ3) is 2.75. The van der Waals surface area contributed by atoms with Gasteiger partial charge in [0.1, 0.15) is 0 Å². The molecule has 1 aromatic carbocycles. The van der Waals surface area contributed by atoms with Crippen molar-refractivity contribution < 1.29 is 14.2 Å². The quantitative estimate of drug-likeness (QED) is 0.840. The zero-order valence-corrected chi connectivity index (χ0v) is 12.4. The van der Waals surface area contributed by atoms with E-state index in [1.165, 1.54) is 18.4 Å². The molecule has 0 aromatic heterocycles. The zero-order chi connectivity index (χ0) is 14.5. The van der Waals surface area contributed by atoms with E-state index in [2.05, 4.69) is 6.08 Å². The van der Waals surface area contributed by atoms with Crippen LogP contribution in [0.2, 0.25) is 0 Å². The Balaban J connectivity index is 2.42. The predicted octanol–water partition coefficient (Wildman–Crippen LogP) is 3.21. The fraction of sp³-hybridized carbons (Fsp3) is 0.500. The minimum Gasteiger partial charge on any atom is -0.493 e. The lowest BCUT2D eigenvalue weighted by atomic mass is 9.90. The predicted molar refractivity (Wildman–Crippen MR) is 79.6 cm³/mol. The summed E-state index contributed by atoms with van der Waals surface area (Å²) in [5.74, 6) is 1.91. The second-order valence-corrected chi connectivity index (χ2v) is 4.93. The van der Waals surface area contributed by atoms with E-state index in [-0.39, 0.29) is 6.04 Å². The summed E-state index contributed by atoms with van der Waals surface area (Å²) < 4.78 is 16.2. The lowest BCUT2D eigenvalue weighted by Crippen LogP contribution is -2.16. The molecule has 1 aliphatic carbocycles. The van der Waals surface area contributed by atoms with Crippen LogP contribution in [0.5, 0.6) is 17.2 Å². The number of benzene rings is 1. The van der Waals surface area contributed by atoms with Gasteiger partial charge in [-0.25, -0.2) is 0 Å². The Morgan fingerprint density at radius 3 is 2.30 bits per heavy atom. The Hall–Kier alpha value is -1.68. The van der Waals surface area contributed by atoms with Gasteiger partial charge in [-0.2, -0.15) is 0 Å². The number of hydrogen-bond acceptors (Lipinski definition) is 4. The lowest BCUT2D eigenvalue weighted by Gasteiger charge is -2.23. The molecule has 2 rings (SSSR count). The molecule has 0 aliphatic heterocycles. The van der Waals surface area contributed by atoms with Crippen LogP contribution < -0.4 is 19.9 Å². The maximum absolute atomic E-state index is 6.42. The molecule has 0 fully saturated rings. The highest BCUT2D eigenvalue weighted by Gasteiger charge is 2.22. The van der Waals surface area contributed by atoms with Crippen molar-refractivity contribution in [1.82, 2.24) is 0 Å². The smallest absolute Gasteiger partial charge is 0.203 e. The molecule has 1 aromatic rings. The molecule has 1 aliphatic rings. The molecule has 1 unspecified atom stereocenters. The monoisotopic (exact) mass is 277 g/mol. The molecule has 1 atom stereocenters. The van der Waals surface area contributed by atoms with Crippen LogP contribution in [0.15, 0.2) is 23.8 Å². The Kier molecular flexibility index (Phi) is 4.90. The zero-order valence-electron chi connectivity index (χ0n) is 12.4. The molecular formula is C16H23NO3. The summed E-state index contributed by atoms with van der Waals surface area (Å²) in [6, 6.07) is 3.69. The minimum absolute atomic E-state index is 0.148. The Morgan fingerprint density at radius 1 is 1.00 bits per heavy atom. The van der Waals surface area contributed by atoms with Gasteiger partial charge in [-0.05, 0) is 37.8 Å². The highest BCUT2D eigenvalue weighted by Crippen LogP contribution is 2.43. The van der Waals surface area contributed by atoms with Crippen molar-refractivity contribution >= 4 is 0 Å². The normalized spacial score (nSPS) is 16.3. The first-order chi connectivity index (χ1) is 9.72. The molecule has 0 amide bonds. The van der Waals surface area contributed by atoms with Crippen LogP contribution in [0.25, 0.3) is 0 Å². The van der Waals surface area contributed by atoms with Gasteiger partial charge in [-0.15, -0.1) is 0 Å². The van der Waals surface area contributed by atoms with Gasteiger partial charge < -0.3 is 19.9 Å². The minimum atomic E-state index is -0.148. The highest BCUT2D eigenvalue weighted by atomic mass is 16.5. The number of methoxy groups -OCH3 is 3. The molecule has 0 spiro atoms.